The summed E-state index contributed by atoms with van der Waals surface area (Å²) in [5, 5.41) is 14.9. The van der Waals surface area contributed by atoms with Gasteiger partial charge in [0.1, 0.15) is 0 Å². The number of aliphatic hydroxyl groups is 1. The van der Waals surface area contributed by atoms with E-state index in [4.69, 9.17) is 0 Å². The highest BCUT2D eigenvalue weighted by Gasteiger charge is 2.32. The molecule has 1 nitrogen and oxygen atoms in total. The summed E-state index contributed by atoms with van der Waals surface area (Å²) >= 11 is 1.75. The van der Waals surface area contributed by atoms with E-state index < -0.39 is 0 Å². The van der Waals surface area contributed by atoms with Crippen molar-refractivity contribution in [1.29, 1.82) is 0 Å². The fourth-order valence-electron chi connectivity index (χ4n) is 2.85. The van der Waals surface area contributed by atoms with Crippen LogP contribution in [-0.4, -0.2) is 10.7 Å². The van der Waals surface area contributed by atoms with Gasteiger partial charge < -0.3 is 5.11 Å². The van der Waals surface area contributed by atoms with Crippen LogP contribution in [0, 0.1) is 5.92 Å². The fraction of sp³-hybridized carbons (Fsp3) is 0.714. The van der Waals surface area contributed by atoms with Crippen molar-refractivity contribution in [3.05, 3.63) is 22.4 Å². The summed E-state index contributed by atoms with van der Waals surface area (Å²) < 4.78 is 0. The highest BCUT2D eigenvalue weighted by atomic mass is 32.1. The summed E-state index contributed by atoms with van der Waals surface area (Å²) in [7, 11) is 0. The van der Waals surface area contributed by atoms with Gasteiger partial charge in [-0.25, -0.2) is 0 Å². The molecule has 16 heavy (non-hydrogen) atoms. The zero-order valence-electron chi connectivity index (χ0n) is 10.1. The van der Waals surface area contributed by atoms with Crippen LogP contribution in [0.2, 0.25) is 0 Å². The molecule has 0 aromatic carbocycles. The van der Waals surface area contributed by atoms with Gasteiger partial charge in [-0.05, 0) is 54.0 Å². The smallest absolute Gasteiger partial charge is 0.0653 e. The minimum Gasteiger partial charge on any atom is -0.390 e. The Hall–Kier alpha value is -0.340. The van der Waals surface area contributed by atoms with E-state index in [0.29, 0.717) is 0 Å². The standard InChI is InChI=1S/C14H22OS/c1-2-12-4-3-7-14(15,10-12)8-5-13-6-9-16-11-13/h6,9,11-12,15H,2-5,7-8,10H2,1H3. The Morgan fingerprint density at radius 1 is 1.56 bits per heavy atom. The van der Waals surface area contributed by atoms with E-state index in [0.717, 1.165) is 31.6 Å². The first kappa shape index (κ1) is 12.1. The largest absolute Gasteiger partial charge is 0.390 e. The van der Waals surface area contributed by atoms with Crippen molar-refractivity contribution in [3.8, 4) is 0 Å². The van der Waals surface area contributed by atoms with E-state index in [-0.39, 0.29) is 5.60 Å². The first-order valence-corrected chi connectivity index (χ1v) is 7.39. The molecule has 0 radical (unpaired) electrons. The van der Waals surface area contributed by atoms with Crippen LogP contribution in [0.3, 0.4) is 0 Å². The second-order valence-electron chi connectivity index (χ2n) is 5.23. The van der Waals surface area contributed by atoms with Crippen LogP contribution in [0.1, 0.15) is 51.0 Å². The van der Waals surface area contributed by atoms with Gasteiger partial charge in [-0.3, -0.25) is 0 Å². The molecule has 0 amide bonds. The zero-order chi connectivity index (χ0) is 11.4. The lowest BCUT2D eigenvalue weighted by Gasteiger charge is -2.36. The number of rotatable bonds is 4. The topological polar surface area (TPSA) is 20.2 Å². The van der Waals surface area contributed by atoms with Gasteiger partial charge in [0.25, 0.3) is 0 Å². The molecule has 2 unspecified atom stereocenters. The predicted molar refractivity (Wildman–Crippen MR) is 69.8 cm³/mol. The molecular weight excluding hydrogens is 216 g/mol. The number of thiophene rings is 1. The van der Waals surface area contributed by atoms with Crippen LogP contribution >= 0.6 is 11.3 Å². The van der Waals surface area contributed by atoms with Gasteiger partial charge in [-0.2, -0.15) is 11.3 Å². The monoisotopic (exact) mass is 238 g/mol. The molecule has 0 spiro atoms. The van der Waals surface area contributed by atoms with E-state index in [1.807, 2.05) is 0 Å². The van der Waals surface area contributed by atoms with Crippen LogP contribution in [0.4, 0.5) is 0 Å². The third-order valence-corrected chi connectivity index (χ3v) is 4.69. The molecule has 90 valence electrons. The lowest BCUT2D eigenvalue weighted by molar-refractivity contribution is -0.0233. The molecule has 1 aromatic heterocycles. The molecule has 1 aromatic rings. The zero-order valence-corrected chi connectivity index (χ0v) is 10.9. The molecule has 1 saturated carbocycles. The minimum atomic E-state index is -0.374. The highest BCUT2D eigenvalue weighted by Crippen LogP contribution is 2.37. The molecule has 2 atom stereocenters. The maximum Gasteiger partial charge on any atom is 0.0653 e. The van der Waals surface area contributed by atoms with Crippen LogP contribution in [-0.2, 0) is 6.42 Å². The number of hydrogen-bond donors (Lipinski definition) is 1. The Kier molecular flexibility index (Phi) is 4.04. The van der Waals surface area contributed by atoms with Crippen molar-refractivity contribution in [2.45, 2.75) is 57.5 Å². The van der Waals surface area contributed by atoms with Gasteiger partial charge in [0, 0.05) is 0 Å². The maximum atomic E-state index is 10.6. The Morgan fingerprint density at radius 3 is 3.12 bits per heavy atom. The molecule has 0 bridgehead atoms. The average Bonchev–Trinajstić information content (AvgIpc) is 2.79. The van der Waals surface area contributed by atoms with E-state index in [9.17, 15) is 5.11 Å². The van der Waals surface area contributed by atoms with Gasteiger partial charge in [-0.1, -0.05) is 26.2 Å². The predicted octanol–water partition coefficient (Wildman–Crippen LogP) is 4.01. The van der Waals surface area contributed by atoms with E-state index in [2.05, 4.69) is 23.8 Å². The van der Waals surface area contributed by atoms with Crippen molar-refractivity contribution in [1.82, 2.24) is 0 Å². The van der Waals surface area contributed by atoms with Crippen LogP contribution < -0.4 is 0 Å². The van der Waals surface area contributed by atoms with Crippen molar-refractivity contribution < 1.29 is 5.11 Å². The van der Waals surface area contributed by atoms with E-state index in [1.54, 1.807) is 11.3 Å². The second-order valence-corrected chi connectivity index (χ2v) is 6.01. The van der Waals surface area contributed by atoms with Crippen LogP contribution in [0.25, 0.3) is 0 Å². The molecule has 1 N–H and O–H groups in total. The molecule has 2 heteroatoms. The van der Waals surface area contributed by atoms with Crippen molar-refractivity contribution in [3.63, 3.8) is 0 Å². The molecule has 1 heterocycles. The Morgan fingerprint density at radius 2 is 2.44 bits per heavy atom. The maximum absolute atomic E-state index is 10.6. The first-order valence-electron chi connectivity index (χ1n) is 6.45. The van der Waals surface area contributed by atoms with Gasteiger partial charge >= 0.3 is 0 Å². The van der Waals surface area contributed by atoms with Crippen LogP contribution in [0.15, 0.2) is 16.8 Å². The van der Waals surface area contributed by atoms with Crippen LogP contribution in [0.5, 0.6) is 0 Å². The van der Waals surface area contributed by atoms with Gasteiger partial charge in [-0.15, -0.1) is 0 Å². The molecule has 0 aliphatic heterocycles. The summed E-state index contributed by atoms with van der Waals surface area (Å²) in [5.41, 5.74) is 1.01. The summed E-state index contributed by atoms with van der Waals surface area (Å²) in [6, 6.07) is 2.17. The third kappa shape index (κ3) is 3.08. The molecule has 0 saturated heterocycles. The first-order chi connectivity index (χ1) is 7.72. The van der Waals surface area contributed by atoms with E-state index in [1.165, 1.54) is 24.8 Å². The molecule has 1 aliphatic carbocycles. The summed E-state index contributed by atoms with van der Waals surface area (Å²) in [6.45, 7) is 2.25. The summed E-state index contributed by atoms with van der Waals surface area (Å²) in [5.74, 6) is 0.751. The SMILES string of the molecule is CCC1CCCC(O)(CCc2ccsc2)C1. The van der Waals surface area contributed by atoms with E-state index >= 15 is 0 Å². The van der Waals surface area contributed by atoms with Crippen molar-refractivity contribution >= 4 is 11.3 Å². The second kappa shape index (κ2) is 5.33. The third-order valence-electron chi connectivity index (χ3n) is 3.96. The molecule has 1 fully saturated rings. The number of hydrogen-bond acceptors (Lipinski definition) is 2. The Bertz CT molecular complexity index is 307. The Balaban J connectivity index is 1.87. The highest BCUT2D eigenvalue weighted by molar-refractivity contribution is 7.07. The summed E-state index contributed by atoms with van der Waals surface area (Å²) in [4.78, 5) is 0. The van der Waals surface area contributed by atoms with Crippen molar-refractivity contribution in [2.24, 2.45) is 5.92 Å². The summed E-state index contributed by atoms with van der Waals surface area (Å²) in [6.07, 6.45) is 7.76. The van der Waals surface area contributed by atoms with Gasteiger partial charge in [0.2, 0.25) is 0 Å². The lowest BCUT2D eigenvalue weighted by atomic mass is 9.74. The minimum absolute atomic E-state index is 0.374. The quantitative estimate of drug-likeness (QED) is 0.840. The molecular formula is C14H22OS. The average molecular weight is 238 g/mol. The lowest BCUT2D eigenvalue weighted by Crippen LogP contribution is -2.35. The molecule has 1 aliphatic rings. The fourth-order valence-corrected chi connectivity index (χ4v) is 3.55. The van der Waals surface area contributed by atoms with Crippen molar-refractivity contribution in [2.75, 3.05) is 0 Å². The van der Waals surface area contributed by atoms with Gasteiger partial charge in [0.15, 0.2) is 0 Å². The normalized spacial score (nSPS) is 30.5. The number of aryl methyl sites for hydroxylation is 1. The Labute approximate surface area is 103 Å². The van der Waals surface area contributed by atoms with Gasteiger partial charge in [0.05, 0.1) is 5.60 Å². The molecule has 2 rings (SSSR count).